The molecule has 138 valence electrons. The number of likely N-dealkylation sites (tertiary alicyclic amines) is 1. The molecule has 8 heteroatoms. The van der Waals surface area contributed by atoms with Gasteiger partial charge in [-0.05, 0) is 18.4 Å². The normalized spacial score (nSPS) is 31.3. The molecule has 4 rings (SSSR count). The molecule has 2 saturated heterocycles. The second-order valence-electron chi connectivity index (χ2n) is 6.70. The summed E-state index contributed by atoms with van der Waals surface area (Å²) in [7, 11) is 0. The van der Waals surface area contributed by atoms with E-state index in [1.165, 1.54) is 4.90 Å². The molecule has 0 aliphatic carbocycles. The molecule has 2 fully saturated rings. The van der Waals surface area contributed by atoms with E-state index in [0.717, 1.165) is 4.88 Å². The van der Waals surface area contributed by atoms with Crippen molar-refractivity contribution in [2.75, 3.05) is 19.7 Å². The number of carbonyl (C=O) groups excluding carboxylic acids is 3. The van der Waals surface area contributed by atoms with E-state index in [1.807, 2.05) is 29.7 Å². The summed E-state index contributed by atoms with van der Waals surface area (Å²) in [6.45, 7) is 2.58. The van der Waals surface area contributed by atoms with Crippen LogP contribution in [0.4, 0.5) is 0 Å². The molecule has 3 aliphatic rings. The van der Waals surface area contributed by atoms with Crippen molar-refractivity contribution in [2.45, 2.75) is 25.2 Å². The number of hydrogen-bond donors (Lipinski definition) is 1. The Labute approximate surface area is 154 Å². The maximum absolute atomic E-state index is 12.9. The first-order chi connectivity index (χ1) is 12.5. The van der Waals surface area contributed by atoms with E-state index in [2.05, 4.69) is 5.32 Å². The van der Waals surface area contributed by atoms with Crippen molar-refractivity contribution in [1.29, 1.82) is 0 Å². The van der Waals surface area contributed by atoms with Crippen LogP contribution in [0.3, 0.4) is 0 Å². The molecule has 7 nitrogen and oxygen atoms in total. The van der Waals surface area contributed by atoms with Gasteiger partial charge in [-0.1, -0.05) is 18.2 Å². The minimum absolute atomic E-state index is 0.115. The first-order valence-electron chi connectivity index (χ1n) is 8.66. The van der Waals surface area contributed by atoms with Crippen LogP contribution in [-0.2, 0) is 30.4 Å². The van der Waals surface area contributed by atoms with Gasteiger partial charge in [0.1, 0.15) is 12.1 Å². The zero-order valence-corrected chi connectivity index (χ0v) is 15.2. The van der Waals surface area contributed by atoms with Crippen molar-refractivity contribution < 1.29 is 23.9 Å². The number of esters is 1. The molecule has 4 heterocycles. The third kappa shape index (κ3) is 2.73. The lowest BCUT2D eigenvalue weighted by molar-refractivity contribution is -0.149. The van der Waals surface area contributed by atoms with Crippen molar-refractivity contribution in [3.8, 4) is 0 Å². The van der Waals surface area contributed by atoms with Gasteiger partial charge in [0.05, 0.1) is 37.6 Å². The molecule has 4 atom stereocenters. The number of ether oxygens (including phenoxy) is 2. The third-order valence-electron chi connectivity index (χ3n) is 5.12. The molecule has 26 heavy (non-hydrogen) atoms. The van der Waals surface area contributed by atoms with Crippen molar-refractivity contribution in [3.63, 3.8) is 0 Å². The molecular weight excluding hydrogens is 356 g/mol. The Morgan fingerprint density at radius 3 is 3.08 bits per heavy atom. The van der Waals surface area contributed by atoms with Gasteiger partial charge in [0.25, 0.3) is 0 Å². The van der Waals surface area contributed by atoms with E-state index in [4.69, 9.17) is 9.47 Å². The summed E-state index contributed by atoms with van der Waals surface area (Å²) in [5.41, 5.74) is -0.806. The molecule has 0 aromatic carbocycles. The lowest BCUT2D eigenvalue weighted by Crippen LogP contribution is -2.44. The molecule has 2 bridgehead atoms. The Morgan fingerprint density at radius 1 is 1.50 bits per heavy atom. The second-order valence-corrected chi connectivity index (χ2v) is 7.73. The van der Waals surface area contributed by atoms with Crippen molar-refractivity contribution in [1.82, 2.24) is 10.2 Å². The molecule has 1 aromatic heterocycles. The summed E-state index contributed by atoms with van der Waals surface area (Å²) < 4.78 is 10.9. The summed E-state index contributed by atoms with van der Waals surface area (Å²) >= 11 is 1.57. The monoisotopic (exact) mass is 376 g/mol. The van der Waals surface area contributed by atoms with Crippen LogP contribution in [0.25, 0.3) is 0 Å². The van der Waals surface area contributed by atoms with Crippen LogP contribution < -0.4 is 5.32 Å². The van der Waals surface area contributed by atoms with E-state index in [-0.39, 0.29) is 31.5 Å². The zero-order valence-electron chi connectivity index (χ0n) is 14.3. The van der Waals surface area contributed by atoms with Gasteiger partial charge in [-0.3, -0.25) is 14.4 Å². The minimum atomic E-state index is -0.806. The Kier molecular flexibility index (Phi) is 4.32. The van der Waals surface area contributed by atoms with Gasteiger partial charge in [-0.15, -0.1) is 11.3 Å². The Hall–Kier alpha value is -2.19. The molecule has 0 saturated carbocycles. The number of amides is 2. The number of hydrogen-bond acceptors (Lipinski definition) is 6. The van der Waals surface area contributed by atoms with Gasteiger partial charge < -0.3 is 19.7 Å². The summed E-state index contributed by atoms with van der Waals surface area (Å²) in [6.07, 6.45) is 3.33. The Bertz CT molecular complexity index is 762. The fourth-order valence-corrected chi connectivity index (χ4v) is 4.72. The highest BCUT2D eigenvalue weighted by molar-refractivity contribution is 7.09. The van der Waals surface area contributed by atoms with E-state index in [1.54, 1.807) is 18.3 Å². The molecular formula is C18H20N2O5S. The zero-order chi connectivity index (χ0) is 18.3. The fraction of sp³-hybridized carbons (Fsp3) is 0.500. The number of fused-ring (bicyclic) bond motifs is 1. The highest BCUT2D eigenvalue weighted by Gasteiger charge is 2.66. The lowest BCUT2D eigenvalue weighted by atomic mass is 9.77. The predicted molar refractivity (Wildman–Crippen MR) is 93.1 cm³/mol. The first kappa shape index (κ1) is 17.2. The highest BCUT2D eigenvalue weighted by Crippen LogP contribution is 2.51. The smallest absolute Gasteiger partial charge is 0.325 e. The topological polar surface area (TPSA) is 84.9 Å². The molecule has 1 aromatic rings. The molecule has 1 N–H and O–H groups in total. The summed E-state index contributed by atoms with van der Waals surface area (Å²) in [5.74, 6) is -2.02. The van der Waals surface area contributed by atoms with Crippen molar-refractivity contribution in [2.24, 2.45) is 11.8 Å². The van der Waals surface area contributed by atoms with Gasteiger partial charge in [-0.25, -0.2) is 0 Å². The van der Waals surface area contributed by atoms with Crippen LogP contribution in [-0.4, -0.2) is 54.1 Å². The van der Waals surface area contributed by atoms with Gasteiger partial charge in [0, 0.05) is 4.88 Å². The van der Waals surface area contributed by atoms with Crippen LogP contribution in [0.5, 0.6) is 0 Å². The molecule has 1 spiro atoms. The van der Waals surface area contributed by atoms with Crippen molar-refractivity contribution in [3.05, 3.63) is 34.5 Å². The third-order valence-corrected chi connectivity index (χ3v) is 6.00. The number of thiophene rings is 1. The standard InChI is InChI=1S/C18H20N2O5S/c1-2-24-13(21)9-20-10-18-6-5-12(25-18)14(15(18)17(20)23)16(22)19-8-11-4-3-7-26-11/h3-7,12,14-15H,2,8-10H2,1H3,(H,19,22)/t12-,14+,15-,18-/m1/s1. The summed E-state index contributed by atoms with van der Waals surface area (Å²) in [6, 6.07) is 3.88. The molecule has 3 aliphatic heterocycles. The van der Waals surface area contributed by atoms with Gasteiger partial charge in [0.15, 0.2) is 0 Å². The average molecular weight is 376 g/mol. The number of nitrogens with zero attached hydrogens (tertiary/aromatic N) is 1. The first-order valence-corrected chi connectivity index (χ1v) is 9.54. The molecule has 0 radical (unpaired) electrons. The fourth-order valence-electron chi connectivity index (χ4n) is 4.08. The van der Waals surface area contributed by atoms with Crippen molar-refractivity contribution >= 4 is 29.1 Å². The summed E-state index contributed by atoms with van der Waals surface area (Å²) in [4.78, 5) is 39.9. The van der Waals surface area contributed by atoms with E-state index in [0.29, 0.717) is 6.54 Å². The molecule has 0 unspecified atom stereocenters. The SMILES string of the molecule is CCOC(=O)CN1C[C@@]23C=C[C@@H](O2)[C@H](C(=O)NCc2cccs2)[C@@H]3C1=O. The maximum Gasteiger partial charge on any atom is 0.325 e. The Morgan fingerprint density at radius 2 is 2.35 bits per heavy atom. The van der Waals surface area contributed by atoms with E-state index in [9.17, 15) is 14.4 Å². The highest BCUT2D eigenvalue weighted by atomic mass is 32.1. The van der Waals surface area contributed by atoms with Crippen LogP contribution in [0.15, 0.2) is 29.7 Å². The largest absolute Gasteiger partial charge is 0.465 e. The Balaban J connectivity index is 1.48. The molecule has 2 amide bonds. The van der Waals surface area contributed by atoms with Crippen LogP contribution in [0.2, 0.25) is 0 Å². The van der Waals surface area contributed by atoms with Crippen LogP contribution in [0.1, 0.15) is 11.8 Å². The predicted octanol–water partition coefficient (Wildman–Crippen LogP) is 0.709. The van der Waals surface area contributed by atoms with Gasteiger partial charge in [-0.2, -0.15) is 0 Å². The number of rotatable bonds is 6. The minimum Gasteiger partial charge on any atom is -0.465 e. The number of nitrogens with one attached hydrogen (secondary N) is 1. The van der Waals surface area contributed by atoms with E-state index >= 15 is 0 Å². The van der Waals surface area contributed by atoms with Gasteiger partial charge in [0.2, 0.25) is 11.8 Å². The van der Waals surface area contributed by atoms with E-state index < -0.39 is 29.5 Å². The maximum atomic E-state index is 12.9. The van der Waals surface area contributed by atoms with Gasteiger partial charge >= 0.3 is 5.97 Å². The quantitative estimate of drug-likeness (QED) is 0.584. The van der Waals surface area contributed by atoms with Crippen LogP contribution in [0, 0.1) is 11.8 Å². The number of carbonyl (C=O) groups is 3. The average Bonchev–Trinajstić information content (AvgIpc) is 3.36. The second kappa shape index (κ2) is 6.51. The van der Waals surface area contributed by atoms with Crippen LogP contribution >= 0.6 is 11.3 Å². The summed E-state index contributed by atoms with van der Waals surface area (Å²) in [5, 5.41) is 4.86. The lowest BCUT2D eigenvalue weighted by Gasteiger charge is -2.23.